The van der Waals surface area contributed by atoms with E-state index in [1.165, 1.54) is 30.3 Å². The molecule has 2 aromatic rings. The topological polar surface area (TPSA) is 71.4 Å². The Morgan fingerprint density at radius 2 is 1.81 bits per heavy atom. The van der Waals surface area contributed by atoms with Gasteiger partial charge in [-0.25, -0.2) is 13.2 Å². The predicted molar refractivity (Wildman–Crippen MR) is 80.8 cm³/mol. The van der Waals surface area contributed by atoms with E-state index < -0.39 is 15.8 Å². The third-order valence-corrected chi connectivity index (χ3v) is 5.05. The van der Waals surface area contributed by atoms with E-state index in [9.17, 15) is 13.2 Å². The second kappa shape index (κ2) is 6.05. The molecule has 21 heavy (non-hydrogen) atoms. The molecule has 0 unspecified atom stereocenters. The number of aromatic carboxylic acids is 1. The van der Waals surface area contributed by atoms with Gasteiger partial charge in [-0.3, -0.25) is 0 Å². The van der Waals surface area contributed by atoms with E-state index in [1.807, 2.05) is 0 Å². The smallest absolute Gasteiger partial charge is 0.335 e. The number of hydrogen-bond donors (Lipinski definition) is 1. The zero-order valence-corrected chi connectivity index (χ0v) is 12.9. The molecular weight excluding hydrogens is 335 g/mol. The highest BCUT2D eigenvalue weighted by Crippen LogP contribution is 2.25. The molecule has 0 fully saturated rings. The Labute approximate surface area is 131 Å². The molecule has 2 aromatic carbocycles. The average molecular weight is 345 g/mol. The van der Waals surface area contributed by atoms with Gasteiger partial charge in [-0.1, -0.05) is 35.3 Å². The van der Waals surface area contributed by atoms with Gasteiger partial charge in [0.1, 0.15) is 0 Å². The maximum absolute atomic E-state index is 12.3. The Hall–Kier alpha value is -1.56. The molecule has 1 N–H and O–H groups in total. The van der Waals surface area contributed by atoms with Gasteiger partial charge < -0.3 is 5.11 Å². The summed E-state index contributed by atoms with van der Waals surface area (Å²) >= 11 is 11.7. The molecule has 0 atom stereocenters. The molecule has 0 aliphatic carbocycles. The van der Waals surface area contributed by atoms with Crippen molar-refractivity contribution in [2.75, 3.05) is 0 Å². The van der Waals surface area contributed by atoms with Crippen LogP contribution < -0.4 is 0 Å². The second-order valence-electron chi connectivity index (χ2n) is 4.33. The van der Waals surface area contributed by atoms with Gasteiger partial charge >= 0.3 is 5.97 Å². The van der Waals surface area contributed by atoms with Crippen molar-refractivity contribution < 1.29 is 18.3 Å². The van der Waals surface area contributed by atoms with E-state index in [1.54, 1.807) is 6.07 Å². The largest absolute Gasteiger partial charge is 0.478 e. The van der Waals surface area contributed by atoms with Crippen molar-refractivity contribution in [2.45, 2.75) is 10.6 Å². The Morgan fingerprint density at radius 3 is 2.43 bits per heavy atom. The maximum atomic E-state index is 12.3. The second-order valence-corrected chi connectivity index (χ2v) is 7.16. The van der Waals surface area contributed by atoms with Crippen LogP contribution in [0.5, 0.6) is 0 Å². The van der Waals surface area contributed by atoms with Gasteiger partial charge in [-0.15, -0.1) is 0 Å². The maximum Gasteiger partial charge on any atom is 0.335 e. The normalized spacial score (nSPS) is 11.3. The van der Waals surface area contributed by atoms with Crippen LogP contribution in [0.3, 0.4) is 0 Å². The van der Waals surface area contributed by atoms with Crippen molar-refractivity contribution in [3.05, 3.63) is 63.6 Å². The first kappa shape index (κ1) is 15.8. The summed E-state index contributed by atoms with van der Waals surface area (Å²) in [7, 11) is -3.70. The zero-order valence-electron chi connectivity index (χ0n) is 10.6. The predicted octanol–water partition coefficient (Wildman–Crippen LogP) is 3.67. The number of hydrogen-bond acceptors (Lipinski definition) is 3. The first-order valence-corrected chi connectivity index (χ1v) is 8.20. The summed E-state index contributed by atoms with van der Waals surface area (Å²) in [5.41, 5.74) is 0.320. The van der Waals surface area contributed by atoms with Crippen LogP contribution in [0, 0.1) is 0 Å². The first-order chi connectivity index (χ1) is 9.79. The minimum atomic E-state index is -3.70. The highest BCUT2D eigenvalue weighted by molar-refractivity contribution is 7.90. The lowest BCUT2D eigenvalue weighted by atomic mass is 10.2. The Bertz CT molecular complexity index is 800. The van der Waals surface area contributed by atoms with E-state index in [4.69, 9.17) is 28.3 Å². The van der Waals surface area contributed by atoms with Crippen LogP contribution in [0.1, 0.15) is 15.9 Å². The van der Waals surface area contributed by atoms with Crippen molar-refractivity contribution in [3.8, 4) is 0 Å². The standard InChI is InChI=1S/C14H10Cl2O4S/c15-11-5-4-10(13(16)7-11)8-21(19,20)12-3-1-2-9(6-12)14(17)18/h1-7H,8H2,(H,17,18). The number of carboxylic acids is 1. The summed E-state index contributed by atoms with van der Waals surface area (Å²) in [6.07, 6.45) is 0. The van der Waals surface area contributed by atoms with Crippen LogP contribution in [0.25, 0.3) is 0 Å². The van der Waals surface area contributed by atoms with Crippen LogP contribution in [0.4, 0.5) is 0 Å². The fourth-order valence-electron chi connectivity index (χ4n) is 1.75. The highest BCUT2D eigenvalue weighted by Gasteiger charge is 2.18. The lowest BCUT2D eigenvalue weighted by Crippen LogP contribution is -2.07. The van der Waals surface area contributed by atoms with Crippen LogP contribution in [0.2, 0.25) is 10.0 Å². The van der Waals surface area contributed by atoms with Gasteiger partial charge in [0, 0.05) is 10.0 Å². The van der Waals surface area contributed by atoms with Gasteiger partial charge in [0.25, 0.3) is 0 Å². The van der Waals surface area contributed by atoms with E-state index in [2.05, 4.69) is 0 Å². The zero-order chi connectivity index (χ0) is 15.6. The number of carbonyl (C=O) groups is 1. The SMILES string of the molecule is O=C(O)c1cccc(S(=O)(=O)Cc2ccc(Cl)cc2Cl)c1. The summed E-state index contributed by atoms with van der Waals surface area (Å²) in [5.74, 6) is -1.51. The first-order valence-electron chi connectivity index (χ1n) is 5.79. The molecule has 0 saturated heterocycles. The summed E-state index contributed by atoms with van der Waals surface area (Å²) in [4.78, 5) is 10.8. The van der Waals surface area contributed by atoms with Gasteiger partial charge in [0.05, 0.1) is 16.2 Å². The minimum Gasteiger partial charge on any atom is -0.478 e. The third kappa shape index (κ3) is 3.75. The van der Waals surface area contributed by atoms with Gasteiger partial charge in [0.15, 0.2) is 9.84 Å². The number of sulfone groups is 1. The number of rotatable bonds is 4. The molecule has 0 radical (unpaired) electrons. The summed E-state index contributed by atoms with van der Waals surface area (Å²) in [6.45, 7) is 0. The van der Waals surface area contributed by atoms with Crippen molar-refractivity contribution in [3.63, 3.8) is 0 Å². The van der Waals surface area contributed by atoms with Crippen molar-refractivity contribution in [2.24, 2.45) is 0 Å². The quantitative estimate of drug-likeness (QED) is 0.918. The van der Waals surface area contributed by atoms with Crippen LogP contribution >= 0.6 is 23.2 Å². The fourth-order valence-corrected chi connectivity index (χ4v) is 3.72. The Morgan fingerprint density at radius 1 is 1.10 bits per heavy atom. The molecule has 0 bridgehead atoms. The van der Waals surface area contributed by atoms with Crippen LogP contribution in [-0.2, 0) is 15.6 Å². The summed E-state index contributed by atoms with van der Waals surface area (Å²) in [5, 5.41) is 9.57. The lowest BCUT2D eigenvalue weighted by molar-refractivity contribution is 0.0696. The molecule has 0 amide bonds. The molecule has 4 nitrogen and oxygen atoms in total. The van der Waals surface area contributed by atoms with Crippen molar-refractivity contribution in [1.82, 2.24) is 0 Å². The summed E-state index contributed by atoms with van der Waals surface area (Å²) < 4.78 is 24.7. The molecule has 110 valence electrons. The van der Waals surface area contributed by atoms with Crippen molar-refractivity contribution >= 4 is 39.0 Å². The highest BCUT2D eigenvalue weighted by atomic mass is 35.5. The molecule has 0 aliphatic heterocycles. The number of benzene rings is 2. The molecule has 0 aromatic heterocycles. The van der Waals surface area contributed by atoms with E-state index in [-0.39, 0.29) is 21.2 Å². The van der Waals surface area contributed by atoms with E-state index in [0.29, 0.717) is 10.6 Å². The fraction of sp³-hybridized carbons (Fsp3) is 0.0714. The van der Waals surface area contributed by atoms with Gasteiger partial charge in [-0.05, 0) is 35.9 Å². The lowest BCUT2D eigenvalue weighted by Gasteiger charge is -2.07. The Balaban J connectivity index is 2.38. The monoisotopic (exact) mass is 344 g/mol. The number of carboxylic acid groups (broad SMARTS) is 1. The molecular formula is C14H10Cl2O4S. The molecule has 2 rings (SSSR count). The van der Waals surface area contributed by atoms with E-state index >= 15 is 0 Å². The molecule has 0 spiro atoms. The molecule has 0 aliphatic rings. The van der Waals surface area contributed by atoms with Crippen LogP contribution in [0.15, 0.2) is 47.4 Å². The molecule has 7 heteroatoms. The van der Waals surface area contributed by atoms with Gasteiger partial charge in [-0.2, -0.15) is 0 Å². The molecule has 0 saturated carbocycles. The Kier molecular flexibility index (Phi) is 4.56. The van der Waals surface area contributed by atoms with E-state index in [0.717, 1.165) is 6.07 Å². The van der Waals surface area contributed by atoms with Crippen LogP contribution in [-0.4, -0.2) is 19.5 Å². The van der Waals surface area contributed by atoms with Gasteiger partial charge in [0.2, 0.25) is 0 Å². The van der Waals surface area contributed by atoms with Crippen molar-refractivity contribution in [1.29, 1.82) is 0 Å². The average Bonchev–Trinajstić information content (AvgIpc) is 2.42. The minimum absolute atomic E-state index is 0.0617. The third-order valence-electron chi connectivity index (χ3n) is 2.80. The molecule has 0 heterocycles. The summed E-state index contributed by atoms with van der Waals surface area (Å²) in [6, 6.07) is 9.74. The number of halogens is 2.